The monoisotopic (exact) mass is 600 g/mol. The Morgan fingerprint density at radius 2 is 1.53 bits per heavy atom. The molecule has 19 heteroatoms. The van der Waals surface area contributed by atoms with E-state index in [0.29, 0.717) is 12.8 Å². The summed E-state index contributed by atoms with van der Waals surface area (Å²) in [6.45, 7) is -3.46. The van der Waals surface area contributed by atoms with Crippen LogP contribution >= 0.6 is 23.5 Å². The zero-order chi connectivity index (χ0) is 27.6. The minimum atomic E-state index is -6.13. The first-order chi connectivity index (χ1) is 16.2. The van der Waals surface area contributed by atoms with Gasteiger partial charge in [0, 0.05) is 16.9 Å². The standard InChI is InChI=1S/C17H20F8O8S3/c18-15(19,20)7-31-5-13(6-32-11(26)16(21,22)23)8-34-14(35-9-13)4-2-1-3-10(14)33-12(27)17(24,25)36(28,29)30/h10H,1-9H2,(H,28,29,30). The van der Waals surface area contributed by atoms with Crippen LogP contribution < -0.4 is 0 Å². The molecule has 0 radical (unpaired) electrons. The quantitative estimate of drug-likeness (QED) is 0.251. The molecule has 0 aromatic carbocycles. The minimum absolute atomic E-state index is 0.00602. The summed E-state index contributed by atoms with van der Waals surface area (Å²) in [6.07, 6.45) is -10.4. The second kappa shape index (κ2) is 11.0. The molecule has 8 nitrogen and oxygen atoms in total. The highest BCUT2D eigenvalue weighted by Gasteiger charge is 2.58. The van der Waals surface area contributed by atoms with Gasteiger partial charge in [0.1, 0.15) is 19.3 Å². The van der Waals surface area contributed by atoms with Crippen molar-refractivity contribution in [3.05, 3.63) is 0 Å². The number of thioether (sulfide) groups is 2. The molecule has 1 saturated heterocycles. The van der Waals surface area contributed by atoms with Gasteiger partial charge in [0.2, 0.25) is 0 Å². The Bertz CT molecular complexity index is 914. The van der Waals surface area contributed by atoms with Crippen molar-refractivity contribution in [2.75, 3.05) is 31.3 Å². The van der Waals surface area contributed by atoms with Crippen LogP contribution in [0.3, 0.4) is 0 Å². The zero-order valence-corrected chi connectivity index (χ0v) is 20.4. The molecule has 0 aromatic heterocycles. The summed E-state index contributed by atoms with van der Waals surface area (Å²) in [6, 6.07) is 0. The van der Waals surface area contributed by atoms with Crippen LogP contribution in [-0.4, -0.2) is 84.0 Å². The lowest BCUT2D eigenvalue weighted by Gasteiger charge is -2.49. The number of alkyl halides is 8. The maximum Gasteiger partial charge on any atom is 0.490 e. The van der Waals surface area contributed by atoms with Crippen LogP contribution in [0.1, 0.15) is 25.7 Å². The van der Waals surface area contributed by atoms with Crippen LogP contribution in [0.4, 0.5) is 35.1 Å². The first-order valence-corrected chi connectivity index (χ1v) is 13.4. The first kappa shape index (κ1) is 31.2. The summed E-state index contributed by atoms with van der Waals surface area (Å²) >= 11 is 1.75. The summed E-state index contributed by atoms with van der Waals surface area (Å²) in [5.74, 6) is -5.64. The average molecular weight is 601 g/mol. The van der Waals surface area contributed by atoms with Crippen LogP contribution in [0.5, 0.6) is 0 Å². The maximum absolute atomic E-state index is 13.7. The van der Waals surface area contributed by atoms with Crippen LogP contribution in [-0.2, 0) is 33.9 Å². The molecular weight excluding hydrogens is 580 g/mol. The lowest BCUT2D eigenvalue weighted by atomic mass is 9.94. The summed E-state index contributed by atoms with van der Waals surface area (Å²) in [5, 5.41) is -5.25. The van der Waals surface area contributed by atoms with Gasteiger partial charge in [-0.3, -0.25) is 4.55 Å². The predicted octanol–water partition coefficient (Wildman–Crippen LogP) is 3.80. The van der Waals surface area contributed by atoms with E-state index in [-0.39, 0.29) is 24.3 Å². The Balaban J connectivity index is 2.19. The maximum atomic E-state index is 13.7. The van der Waals surface area contributed by atoms with Crippen molar-refractivity contribution in [1.29, 1.82) is 0 Å². The van der Waals surface area contributed by atoms with Gasteiger partial charge >= 0.3 is 39.7 Å². The van der Waals surface area contributed by atoms with Gasteiger partial charge in [-0.05, 0) is 19.3 Å². The molecule has 210 valence electrons. The number of rotatable bonds is 8. The van der Waals surface area contributed by atoms with E-state index in [1.807, 2.05) is 0 Å². The van der Waals surface area contributed by atoms with Gasteiger partial charge < -0.3 is 14.2 Å². The third-order valence-electron chi connectivity index (χ3n) is 5.20. The Morgan fingerprint density at radius 1 is 0.944 bits per heavy atom. The highest BCUT2D eigenvalue weighted by molar-refractivity contribution is 8.19. The molecule has 1 heterocycles. The Kier molecular flexibility index (Phi) is 9.50. The summed E-state index contributed by atoms with van der Waals surface area (Å²) in [4.78, 5) is 23.0. The van der Waals surface area contributed by atoms with Crippen molar-refractivity contribution in [1.82, 2.24) is 0 Å². The van der Waals surface area contributed by atoms with Crippen LogP contribution in [0.15, 0.2) is 0 Å². The fourth-order valence-electron chi connectivity index (χ4n) is 3.39. The molecule has 36 heavy (non-hydrogen) atoms. The van der Waals surface area contributed by atoms with Crippen molar-refractivity contribution in [2.45, 2.75) is 53.5 Å². The molecule has 2 rings (SSSR count). The van der Waals surface area contributed by atoms with E-state index in [1.54, 1.807) is 0 Å². The molecule has 0 aromatic rings. The zero-order valence-electron chi connectivity index (χ0n) is 18.0. The topological polar surface area (TPSA) is 116 Å². The molecular formula is C17H20F8O8S3. The lowest BCUT2D eigenvalue weighted by Crippen LogP contribution is -2.52. The van der Waals surface area contributed by atoms with Crippen LogP contribution in [0, 0.1) is 5.41 Å². The Hall–Kier alpha value is -1.05. The predicted molar refractivity (Wildman–Crippen MR) is 109 cm³/mol. The number of carbonyl (C=O) groups is 2. The summed E-state index contributed by atoms with van der Waals surface area (Å²) in [7, 11) is -6.13. The van der Waals surface area contributed by atoms with Gasteiger partial charge in [-0.2, -0.15) is 43.5 Å². The molecule has 1 N–H and O–H groups in total. The fraction of sp³-hybridized carbons (Fsp3) is 0.882. The lowest BCUT2D eigenvalue weighted by molar-refractivity contribution is -0.205. The highest BCUT2D eigenvalue weighted by atomic mass is 32.2. The van der Waals surface area contributed by atoms with E-state index < -0.39 is 75.1 Å². The number of hydrogen-bond acceptors (Lipinski definition) is 9. The molecule has 2 aliphatic rings. The van der Waals surface area contributed by atoms with Crippen LogP contribution in [0.2, 0.25) is 0 Å². The number of esters is 2. The van der Waals surface area contributed by atoms with Crippen molar-refractivity contribution in [3.63, 3.8) is 0 Å². The molecule has 1 atom stereocenters. The van der Waals surface area contributed by atoms with Gasteiger partial charge in [-0.25, -0.2) is 9.59 Å². The third kappa shape index (κ3) is 7.73. The second-order valence-electron chi connectivity index (χ2n) is 8.20. The molecule has 1 aliphatic carbocycles. The van der Waals surface area contributed by atoms with Gasteiger partial charge in [0.25, 0.3) is 0 Å². The molecule has 2 fully saturated rings. The minimum Gasteiger partial charge on any atom is -0.458 e. The largest absolute Gasteiger partial charge is 0.490 e. The van der Waals surface area contributed by atoms with E-state index >= 15 is 0 Å². The molecule has 0 bridgehead atoms. The second-order valence-corrected chi connectivity index (χ2v) is 12.5. The molecule has 1 unspecified atom stereocenters. The highest BCUT2D eigenvalue weighted by Crippen LogP contribution is 2.56. The Morgan fingerprint density at radius 3 is 2.03 bits per heavy atom. The SMILES string of the molecule is O=C(OCC1(COCC(F)(F)F)CSC2(CCCCC2OC(=O)C(F)(F)S(=O)(=O)O)SC1)C(F)(F)F. The Labute approximate surface area is 207 Å². The third-order valence-corrected chi connectivity index (χ3v) is 10.1. The molecule has 0 amide bonds. The summed E-state index contributed by atoms with van der Waals surface area (Å²) in [5.41, 5.74) is -1.54. The van der Waals surface area contributed by atoms with Crippen LogP contribution in [0.25, 0.3) is 0 Å². The van der Waals surface area contributed by atoms with Crippen molar-refractivity contribution in [2.24, 2.45) is 5.41 Å². The van der Waals surface area contributed by atoms with E-state index in [9.17, 15) is 53.1 Å². The molecule has 1 spiro atoms. The number of ether oxygens (including phenoxy) is 3. The normalized spacial score (nSPS) is 28.1. The smallest absolute Gasteiger partial charge is 0.458 e. The first-order valence-electron chi connectivity index (χ1n) is 9.95. The van der Waals surface area contributed by atoms with E-state index in [0.717, 1.165) is 23.5 Å². The number of hydrogen-bond donors (Lipinski definition) is 1. The average Bonchev–Trinajstić information content (AvgIpc) is 2.73. The van der Waals surface area contributed by atoms with Gasteiger partial charge in [0.05, 0.1) is 10.7 Å². The van der Waals surface area contributed by atoms with Crippen molar-refractivity contribution in [3.8, 4) is 0 Å². The number of carbonyl (C=O) groups excluding carboxylic acids is 2. The fourth-order valence-corrected chi connectivity index (χ4v) is 7.38. The van der Waals surface area contributed by atoms with E-state index in [4.69, 9.17) is 9.29 Å². The molecule has 1 saturated carbocycles. The van der Waals surface area contributed by atoms with E-state index in [2.05, 4.69) is 9.47 Å². The van der Waals surface area contributed by atoms with E-state index in [1.165, 1.54) is 0 Å². The van der Waals surface area contributed by atoms with Gasteiger partial charge in [-0.1, -0.05) is 6.42 Å². The molecule has 1 aliphatic heterocycles. The van der Waals surface area contributed by atoms with Gasteiger partial charge in [0.15, 0.2) is 0 Å². The number of halogens is 8. The summed E-state index contributed by atoms with van der Waals surface area (Å²) < 4.78 is 145. The van der Waals surface area contributed by atoms with Crippen molar-refractivity contribution < 1.29 is 71.9 Å². The van der Waals surface area contributed by atoms with Gasteiger partial charge in [-0.15, -0.1) is 23.5 Å². The van der Waals surface area contributed by atoms with Crippen molar-refractivity contribution >= 4 is 45.6 Å².